The van der Waals surface area contributed by atoms with Crippen LogP contribution in [0.4, 0.5) is 0 Å². The fourth-order valence-electron chi connectivity index (χ4n) is 5.14. The minimum absolute atomic E-state index is 0.377. The fraction of sp³-hybridized carbons (Fsp3) is 0.438. The van der Waals surface area contributed by atoms with Crippen molar-refractivity contribution in [3.63, 3.8) is 0 Å². The zero-order valence-electron chi connectivity index (χ0n) is 21.1. The highest BCUT2D eigenvalue weighted by Crippen LogP contribution is 2.60. The first-order chi connectivity index (χ1) is 16.8. The van der Waals surface area contributed by atoms with Gasteiger partial charge in [0.1, 0.15) is 23.2 Å². The Labute approximate surface area is 209 Å². The molecular weight excluding hydrogens is 431 g/mol. The smallest absolute Gasteiger partial charge is 0.178 e. The van der Waals surface area contributed by atoms with E-state index in [2.05, 4.69) is 97.9 Å². The van der Waals surface area contributed by atoms with Gasteiger partial charge in [-0.15, -0.1) is 0 Å². The third-order valence-electron chi connectivity index (χ3n) is 7.00. The van der Waals surface area contributed by atoms with Gasteiger partial charge in [-0.1, -0.05) is 126 Å². The molecule has 0 saturated heterocycles. The Morgan fingerprint density at radius 1 is 0.500 bits per heavy atom. The molecule has 0 radical (unpaired) electrons. The van der Waals surface area contributed by atoms with E-state index in [1.807, 2.05) is 0 Å². The van der Waals surface area contributed by atoms with Gasteiger partial charge >= 0.3 is 0 Å². The molecule has 1 atom stereocenters. The van der Waals surface area contributed by atoms with Gasteiger partial charge in [0.05, 0.1) is 0 Å². The van der Waals surface area contributed by atoms with Crippen LogP contribution in [0.15, 0.2) is 91.0 Å². The molecule has 1 nitrogen and oxygen atoms in total. The molecule has 3 rings (SSSR count). The molecule has 0 spiro atoms. The first-order valence-electron chi connectivity index (χ1n) is 13.5. The molecule has 1 unspecified atom stereocenters. The number of rotatable bonds is 16. The second-order valence-corrected chi connectivity index (χ2v) is 13.1. The number of benzene rings is 3. The molecule has 0 aliphatic carbocycles. The molecule has 0 aromatic heterocycles. The van der Waals surface area contributed by atoms with Crippen LogP contribution in [0.25, 0.3) is 0 Å². The molecule has 3 aromatic rings. The summed E-state index contributed by atoms with van der Waals surface area (Å²) < 4.78 is 0. The molecule has 2 heteroatoms. The van der Waals surface area contributed by atoms with Gasteiger partial charge in [0.15, 0.2) is 5.85 Å². The second kappa shape index (κ2) is 15.1. The summed E-state index contributed by atoms with van der Waals surface area (Å²) in [4.78, 5) is 0. The lowest BCUT2D eigenvalue weighted by atomic mass is 10.1. The summed E-state index contributed by atoms with van der Waals surface area (Å²) in [7, 11) is -2.17. The van der Waals surface area contributed by atoms with E-state index >= 15 is 0 Å². The van der Waals surface area contributed by atoms with Gasteiger partial charge in [-0.3, -0.25) is 0 Å². The lowest BCUT2D eigenvalue weighted by Gasteiger charge is -2.31. The monoisotopic (exact) mass is 475 g/mol. The Hall–Kier alpha value is -1.95. The molecule has 0 aliphatic rings. The minimum atomic E-state index is -2.17. The van der Waals surface area contributed by atoms with Crippen molar-refractivity contribution >= 4 is 23.2 Å². The lowest BCUT2D eigenvalue weighted by molar-refractivity contribution is 0.241. The zero-order valence-corrected chi connectivity index (χ0v) is 22.0. The Morgan fingerprint density at radius 2 is 0.824 bits per heavy atom. The van der Waals surface area contributed by atoms with Crippen LogP contribution in [0, 0.1) is 0 Å². The minimum Gasteiger partial charge on any atom is -0.358 e. The maximum absolute atomic E-state index is 11.9. The van der Waals surface area contributed by atoms with Gasteiger partial charge in [-0.25, -0.2) is 0 Å². The largest absolute Gasteiger partial charge is 0.358 e. The Kier molecular flexibility index (Phi) is 11.9. The van der Waals surface area contributed by atoms with Gasteiger partial charge in [-0.2, -0.15) is 0 Å². The highest BCUT2D eigenvalue weighted by molar-refractivity contribution is 7.96. The van der Waals surface area contributed by atoms with Crippen LogP contribution in [0.1, 0.15) is 84.0 Å². The summed E-state index contributed by atoms with van der Waals surface area (Å²) in [6.07, 6.45) is 15.5. The Bertz CT molecular complexity index is 797. The van der Waals surface area contributed by atoms with Gasteiger partial charge in [0, 0.05) is 6.42 Å². The molecule has 34 heavy (non-hydrogen) atoms. The Balaban J connectivity index is 1.65. The van der Waals surface area contributed by atoms with Crippen LogP contribution in [0.5, 0.6) is 0 Å². The van der Waals surface area contributed by atoms with Crippen molar-refractivity contribution in [1.82, 2.24) is 0 Å². The van der Waals surface area contributed by atoms with Crippen molar-refractivity contribution in [2.24, 2.45) is 0 Å². The molecule has 182 valence electrons. The summed E-state index contributed by atoms with van der Waals surface area (Å²) in [5.41, 5.74) is 0. The van der Waals surface area contributed by atoms with Crippen molar-refractivity contribution < 1.29 is 5.11 Å². The van der Waals surface area contributed by atoms with Crippen molar-refractivity contribution in [1.29, 1.82) is 0 Å². The normalized spacial score (nSPS) is 12.5. The van der Waals surface area contributed by atoms with Crippen molar-refractivity contribution in [2.75, 3.05) is 0 Å². The standard InChI is InChI=1S/C32H44OP/c1-2-3-4-5-6-7-8-9-10-11-21-28-32(33)34(29-22-15-12-16-23-29,30-24-17-13-18-25-30)31-26-19-14-20-27-31/h12-20,22-27,32-33H,2-11,21,28H2,1H3/q+1. The van der Waals surface area contributed by atoms with E-state index in [1.54, 1.807) is 0 Å². The van der Waals surface area contributed by atoms with Crippen molar-refractivity contribution in [3.05, 3.63) is 91.0 Å². The van der Waals surface area contributed by atoms with Crippen LogP contribution < -0.4 is 15.9 Å². The highest BCUT2D eigenvalue weighted by Gasteiger charge is 2.51. The first-order valence-corrected chi connectivity index (χ1v) is 15.4. The maximum atomic E-state index is 11.9. The summed E-state index contributed by atoms with van der Waals surface area (Å²) in [5.74, 6) is -0.377. The van der Waals surface area contributed by atoms with Crippen LogP contribution in [-0.4, -0.2) is 11.0 Å². The average molecular weight is 476 g/mol. The molecule has 0 saturated carbocycles. The number of hydrogen-bond acceptors (Lipinski definition) is 1. The maximum Gasteiger partial charge on any atom is 0.178 e. The van der Waals surface area contributed by atoms with Gasteiger partial charge in [-0.05, 0) is 42.8 Å². The van der Waals surface area contributed by atoms with Crippen LogP contribution in [0.3, 0.4) is 0 Å². The zero-order chi connectivity index (χ0) is 23.9. The van der Waals surface area contributed by atoms with Crippen LogP contribution in [0.2, 0.25) is 0 Å². The van der Waals surface area contributed by atoms with Crippen LogP contribution in [-0.2, 0) is 0 Å². The van der Waals surface area contributed by atoms with E-state index in [4.69, 9.17) is 0 Å². The molecular formula is C32H44OP+. The molecule has 0 bridgehead atoms. The van der Waals surface area contributed by atoms with E-state index in [-0.39, 0.29) is 5.85 Å². The molecule has 3 aromatic carbocycles. The quantitative estimate of drug-likeness (QED) is 0.164. The SMILES string of the molecule is CCCCCCCCCCCCCC(O)[P+](c1ccccc1)(c1ccccc1)c1ccccc1. The molecule has 1 N–H and O–H groups in total. The lowest BCUT2D eigenvalue weighted by Crippen LogP contribution is -2.38. The number of unbranched alkanes of at least 4 members (excludes halogenated alkanes) is 10. The van der Waals surface area contributed by atoms with E-state index in [9.17, 15) is 5.11 Å². The average Bonchev–Trinajstić information content (AvgIpc) is 2.90. The third-order valence-corrected chi connectivity index (χ3v) is 11.5. The summed E-state index contributed by atoms with van der Waals surface area (Å²) in [6, 6.07) is 32.2. The van der Waals surface area contributed by atoms with E-state index in [1.165, 1.54) is 80.1 Å². The predicted molar refractivity (Wildman–Crippen MR) is 152 cm³/mol. The first kappa shape index (κ1) is 26.7. The topological polar surface area (TPSA) is 20.2 Å². The summed E-state index contributed by atoms with van der Waals surface area (Å²) >= 11 is 0. The summed E-state index contributed by atoms with van der Waals surface area (Å²) in [6.45, 7) is 2.28. The Morgan fingerprint density at radius 3 is 1.18 bits per heavy atom. The predicted octanol–water partition coefficient (Wildman–Crippen LogP) is 8.00. The van der Waals surface area contributed by atoms with E-state index in [0.717, 1.165) is 12.8 Å². The third kappa shape index (κ3) is 7.27. The van der Waals surface area contributed by atoms with Crippen molar-refractivity contribution in [3.8, 4) is 0 Å². The highest BCUT2D eigenvalue weighted by atomic mass is 31.2. The van der Waals surface area contributed by atoms with E-state index in [0.29, 0.717) is 0 Å². The second-order valence-electron chi connectivity index (χ2n) is 9.53. The van der Waals surface area contributed by atoms with E-state index < -0.39 is 7.26 Å². The van der Waals surface area contributed by atoms with Gasteiger partial charge in [0.25, 0.3) is 0 Å². The fourth-order valence-corrected chi connectivity index (χ4v) is 9.56. The number of hydrogen-bond donors (Lipinski definition) is 1. The molecule has 0 heterocycles. The number of aliphatic hydroxyl groups excluding tert-OH is 1. The number of aliphatic hydroxyl groups is 1. The molecule has 0 amide bonds. The van der Waals surface area contributed by atoms with Crippen LogP contribution >= 0.6 is 7.26 Å². The van der Waals surface area contributed by atoms with Gasteiger partial charge < -0.3 is 5.11 Å². The van der Waals surface area contributed by atoms with Gasteiger partial charge in [0.2, 0.25) is 0 Å². The molecule has 0 aliphatic heterocycles. The van der Waals surface area contributed by atoms with Crippen molar-refractivity contribution in [2.45, 2.75) is 89.8 Å². The summed E-state index contributed by atoms with van der Waals surface area (Å²) in [5, 5.41) is 15.7. The molecule has 0 fully saturated rings.